The van der Waals surface area contributed by atoms with Gasteiger partial charge in [-0.25, -0.2) is 0 Å². The molecule has 1 unspecified atom stereocenters. The minimum atomic E-state index is -4.56. The van der Waals surface area contributed by atoms with Crippen molar-refractivity contribution in [2.24, 2.45) is 16.3 Å². The van der Waals surface area contributed by atoms with E-state index in [1.54, 1.807) is 29.2 Å². The van der Waals surface area contributed by atoms with Crippen LogP contribution in [-0.2, 0) is 20.5 Å². The molecule has 1 aliphatic heterocycles. The first-order chi connectivity index (χ1) is 20.1. The number of rotatable bonds is 9. The van der Waals surface area contributed by atoms with Crippen LogP contribution in [0.1, 0.15) is 86.0 Å². The molecule has 2 aromatic rings. The van der Waals surface area contributed by atoms with Gasteiger partial charge in [-0.15, -0.1) is 0 Å². The second kappa shape index (κ2) is 14.1. The summed E-state index contributed by atoms with van der Waals surface area (Å²) in [6.45, 7) is 6.59. The van der Waals surface area contributed by atoms with Crippen LogP contribution in [0.2, 0.25) is 0 Å². The van der Waals surface area contributed by atoms with Crippen LogP contribution >= 0.6 is 0 Å². The zero-order valence-corrected chi connectivity index (χ0v) is 27.8. The summed E-state index contributed by atoms with van der Waals surface area (Å²) in [5, 5.41) is 13.1. The summed E-state index contributed by atoms with van der Waals surface area (Å²) in [6.07, 6.45) is -2.69. The number of carbonyl (C=O) groups excluding carboxylic acids is 3. The fraction of sp³-hybridized carbons (Fsp3) is 0.500. The average Bonchev–Trinajstić information content (AvgIpc) is 3.21. The van der Waals surface area contributed by atoms with E-state index < -0.39 is 41.3 Å². The quantitative estimate of drug-likeness (QED) is 0.426. The van der Waals surface area contributed by atoms with Gasteiger partial charge in [0.05, 0.1) is 18.2 Å². The van der Waals surface area contributed by atoms with Crippen molar-refractivity contribution in [1.29, 1.82) is 0 Å². The number of carboxylic acids is 1. The van der Waals surface area contributed by atoms with Crippen molar-refractivity contribution in [2.75, 3.05) is 20.2 Å². The number of carboxylic acid groups (broad SMARTS) is 1. The number of methoxy groups -OCH3 is 1. The molecule has 8 nitrogen and oxygen atoms in total. The van der Waals surface area contributed by atoms with Gasteiger partial charge in [0, 0.05) is 37.2 Å². The maximum absolute atomic E-state index is 14.0. The molecule has 232 valence electrons. The molecule has 1 aliphatic carbocycles. The van der Waals surface area contributed by atoms with Gasteiger partial charge in [0.15, 0.2) is 0 Å². The molecule has 0 saturated heterocycles. The smallest absolute Gasteiger partial charge is 0.550 e. The number of carbonyl (C=O) groups is 3. The molecule has 2 aromatic carbocycles. The Morgan fingerprint density at radius 1 is 1.11 bits per heavy atom. The SMILES string of the molecule is COC(CN1C(=O)C(c2cccc(C(F)(F)F)c2)=NC12CCC(C(C)(C)C)CC2)c1ccc(C(=O)NCCC(=O)[O-])cc1.[Na+]. The van der Waals surface area contributed by atoms with E-state index >= 15 is 0 Å². The van der Waals surface area contributed by atoms with Gasteiger partial charge in [0.25, 0.3) is 11.8 Å². The number of nitrogens with zero attached hydrogens (tertiary/aromatic N) is 2. The molecular weight excluding hydrogens is 586 g/mol. The van der Waals surface area contributed by atoms with E-state index in [9.17, 15) is 32.7 Å². The molecule has 2 aliphatic rings. The van der Waals surface area contributed by atoms with Gasteiger partial charge >= 0.3 is 35.7 Å². The van der Waals surface area contributed by atoms with Crippen LogP contribution in [0.15, 0.2) is 53.5 Å². The van der Waals surface area contributed by atoms with Crippen LogP contribution in [0.5, 0.6) is 0 Å². The molecule has 1 saturated carbocycles. The van der Waals surface area contributed by atoms with Crippen molar-refractivity contribution < 1.29 is 67.0 Å². The maximum atomic E-state index is 14.0. The van der Waals surface area contributed by atoms with Gasteiger partial charge in [-0.2, -0.15) is 13.2 Å². The minimum Gasteiger partial charge on any atom is -0.550 e. The Kier molecular flexibility index (Phi) is 11.5. The van der Waals surface area contributed by atoms with Crippen LogP contribution in [-0.4, -0.2) is 54.3 Å². The van der Waals surface area contributed by atoms with E-state index in [1.165, 1.54) is 19.2 Å². The Hall–Kier alpha value is -2.73. The van der Waals surface area contributed by atoms with Gasteiger partial charge in [0.1, 0.15) is 11.4 Å². The summed E-state index contributed by atoms with van der Waals surface area (Å²) >= 11 is 0. The van der Waals surface area contributed by atoms with E-state index in [2.05, 4.69) is 26.1 Å². The van der Waals surface area contributed by atoms with E-state index in [0.717, 1.165) is 25.0 Å². The van der Waals surface area contributed by atoms with E-state index in [1.807, 2.05) is 0 Å². The fourth-order valence-electron chi connectivity index (χ4n) is 5.96. The Labute approximate surface area is 277 Å². The number of hydrogen-bond donors (Lipinski definition) is 1. The van der Waals surface area contributed by atoms with Crippen molar-refractivity contribution in [3.05, 3.63) is 70.8 Å². The predicted molar refractivity (Wildman–Crippen MR) is 152 cm³/mol. The Morgan fingerprint density at radius 3 is 2.30 bits per heavy atom. The third-order valence-corrected chi connectivity index (χ3v) is 8.54. The molecule has 1 N–H and O–H groups in total. The summed E-state index contributed by atoms with van der Waals surface area (Å²) in [7, 11) is 1.50. The number of benzene rings is 2. The normalized spacial score (nSPS) is 21.1. The third kappa shape index (κ3) is 8.10. The van der Waals surface area contributed by atoms with Crippen LogP contribution in [0, 0.1) is 11.3 Å². The molecule has 1 fully saturated rings. The van der Waals surface area contributed by atoms with Gasteiger partial charge in [-0.3, -0.25) is 14.6 Å². The molecule has 2 amide bonds. The Bertz CT molecular complexity index is 1380. The van der Waals surface area contributed by atoms with E-state index in [0.29, 0.717) is 29.9 Å². The van der Waals surface area contributed by atoms with Crippen LogP contribution in [0.25, 0.3) is 0 Å². The molecule has 0 radical (unpaired) electrons. The number of hydrogen-bond acceptors (Lipinski definition) is 6. The number of halogens is 3. The first kappa shape index (κ1) is 35.7. The number of nitrogens with one attached hydrogen (secondary N) is 1. The van der Waals surface area contributed by atoms with Gasteiger partial charge < -0.3 is 24.9 Å². The van der Waals surface area contributed by atoms with Crippen molar-refractivity contribution in [2.45, 2.75) is 70.8 Å². The van der Waals surface area contributed by atoms with Crippen LogP contribution in [0.3, 0.4) is 0 Å². The number of alkyl halides is 3. The van der Waals surface area contributed by atoms with Gasteiger partial charge in [-0.05, 0) is 66.8 Å². The fourth-order valence-corrected chi connectivity index (χ4v) is 5.96. The average molecular weight is 624 g/mol. The van der Waals surface area contributed by atoms with Crippen molar-refractivity contribution in [3.63, 3.8) is 0 Å². The second-order valence-electron chi connectivity index (χ2n) is 12.3. The molecule has 1 heterocycles. The van der Waals surface area contributed by atoms with Crippen LogP contribution < -0.4 is 40.0 Å². The number of amides is 2. The first-order valence-electron chi connectivity index (χ1n) is 14.3. The Balaban J connectivity index is 0.00000529. The molecule has 44 heavy (non-hydrogen) atoms. The molecule has 4 rings (SSSR count). The third-order valence-electron chi connectivity index (χ3n) is 8.54. The number of aliphatic carboxylic acids is 1. The van der Waals surface area contributed by atoms with E-state index in [-0.39, 0.29) is 65.8 Å². The zero-order valence-electron chi connectivity index (χ0n) is 25.8. The molecule has 0 bridgehead atoms. The van der Waals surface area contributed by atoms with E-state index in [4.69, 9.17) is 9.73 Å². The van der Waals surface area contributed by atoms with Crippen molar-refractivity contribution >= 4 is 23.5 Å². The van der Waals surface area contributed by atoms with Crippen LogP contribution in [0.4, 0.5) is 13.2 Å². The molecular formula is C32H37F3N3NaO5. The van der Waals surface area contributed by atoms with Gasteiger partial charge in [0.2, 0.25) is 0 Å². The standard InChI is InChI=1S/C32H38F3N3O5.Na/c1-30(2,3)23-12-15-31(16-13-23)37-27(22-6-5-7-24(18-22)32(33,34)35)29(42)38(31)19-25(43-4)20-8-10-21(11-9-20)28(41)36-17-14-26(39)40;/h5-11,18,23,25H,12-17,19H2,1-4H3,(H,36,41)(H,39,40);/q;+1/p-1. The molecule has 1 spiro atoms. The predicted octanol–water partition coefficient (Wildman–Crippen LogP) is 1.53. The van der Waals surface area contributed by atoms with Crippen molar-refractivity contribution in [3.8, 4) is 0 Å². The molecule has 12 heteroatoms. The van der Waals surface area contributed by atoms with Crippen molar-refractivity contribution in [1.82, 2.24) is 10.2 Å². The topological polar surface area (TPSA) is 111 Å². The summed E-state index contributed by atoms with van der Waals surface area (Å²) in [6, 6.07) is 11.3. The Morgan fingerprint density at radius 2 is 1.75 bits per heavy atom. The maximum Gasteiger partial charge on any atom is 1.00 e. The largest absolute Gasteiger partial charge is 1.00 e. The number of ether oxygens (including phenoxy) is 1. The zero-order chi connectivity index (χ0) is 31.6. The molecule has 1 atom stereocenters. The summed E-state index contributed by atoms with van der Waals surface area (Å²) in [4.78, 5) is 43.4. The number of aliphatic imine (C=N–C) groups is 1. The first-order valence-corrected chi connectivity index (χ1v) is 14.3. The summed E-state index contributed by atoms with van der Waals surface area (Å²) in [5.74, 6) is -1.74. The summed E-state index contributed by atoms with van der Waals surface area (Å²) in [5.41, 5.74) is -0.535. The second-order valence-corrected chi connectivity index (χ2v) is 12.3. The monoisotopic (exact) mass is 623 g/mol. The van der Waals surface area contributed by atoms with Gasteiger partial charge in [-0.1, -0.05) is 45.0 Å². The molecule has 0 aromatic heterocycles. The summed E-state index contributed by atoms with van der Waals surface area (Å²) < 4.78 is 46.3. The minimum absolute atomic E-state index is 0.